The lowest BCUT2D eigenvalue weighted by Crippen LogP contribution is -2.52. The van der Waals surface area contributed by atoms with E-state index in [4.69, 9.17) is 5.73 Å². The maximum atomic E-state index is 12.6. The van der Waals surface area contributed by atoms with Crippen LogP contribution in [0.2, 0.25) is 0 Å². The maximum absolute atomic E-state index is 12.6. The Morgan fingerprint density at radius 2 is 1.88 bits per heavy atom. The largest absolute Gasteiger partial charge is 0.453 e. The second-order valence-corrected chi connectivity index (χ2v) is 6.08. The van der Waals surface area contributed by atoms with Crippen molar-refractivity contribution in [1.82, 2.24) is 10.2 Å². The van der Waals surface area contributed by atoms with Crippen LogP contribution in [0.4, 0.5) is 4.79 Å². The van der Waals surface area contributed by atoms with Gasteiger partial charge < -0.3 is 20.7 Å². The molecule has 0 aromatic heterocycles. The minimum absolute atomic E-state index is 0.0463. The molecule has 0 spiro atoms. The van der Waals surface area contributed by atoms with Crippen LogP contribution in [0, 0.1) is 5.92 Å². The number of rotatable bonds is 9. The van der Waals surface area contributed by atoms with Gasteiger partial charge in [-0.1, -0.05) is 44.2 Å². The molecule has 3 N–H and O–H groups in total. The predicted molar refractivity (Wildman–Crippen MR) is 94.3 cm³/mol. The number of nitrogens with zero attached hydrogens (tertiary/aromatic N) is 1. The van der Waals surface area contributed by atoms with Gasteiger partial charge in [-0.3, -0.25) is 4.79 Å². The topological polar surface area (TPSA) is 84.7 Å². The lowest BCUT2D eigenvalue weighted by Gasteiger charge is -2.28. The van der Waals surface area contributed by atoms with Gasteiger partial charge in [0.2, 0.25) is 5.91 Å². The molecule has 1 aromatic rings. The maximum Gasteiger partial charge on any atom is 0.407 e. The molecule has 0 heterocycles. The average Bonchev–Trinajstić information content (AvgIpc) is 2.59. The van der Waals surface area contributed by atoms with E-state index in [0.717, 1.165) is 19.3 Å². The predicted octanol–water partition coefficient (Wildman–Crippen LogP) is 2.13. The van der Waals surface area contributed by atoms with Gasteiger partial charge in [0.1, 0.15) is 6.04 Å². The quantitative estimate of drug-likeness (QED) is 0.535. The first-order valence-corrected chi connectivity index (χ1v) is 8.36. The number of nitrogens with one attached hydrogen (secondary N) is 1. The lowest BCUT2D eigenvalue weighted by molar-refractivity contribution is -0.134. The van der Waals surface area contributed by atoms with Crippen molar-refractivity contribution in [3.63, 3.8) is 0 Å². The minimum Gasteiger partial charge on any atom is -0.453 e. The molecule has 1 rings (SSSR count). The summed E-state index contributed by atoms with van der Waals surface area (Å²) >= 11 is 0. The van der Waals surface area contributed by atoms with Crippen molar-refractivity contribution in [3.05, 3.63) is 35.9 Å². The Morgan fingerprint density at radius 1 is 1.21 bits per heavy atom. The summed E-state index contributed by atoms with van der Waals surface area (Å²) in [6.45, 7) is 4.47. The summed E-state index contributed by atoms with van der Waals surface area (Å²) in [6, 6.07) is 9.61. The molecule has 0 aliphatic carbocycles. The molecular weight excluding hydrogens is 306 g/mol. The Balaban J connectivity index is 2.50. The lowest BCUT2D eigenvalue weighted by atomic mass is 10.0. The summed E-state index contributed by atoms with van der Waals surface area (Å²) < 4.78 is 4.59. The monoisotopic (exact) mass is 335 g/mol. The number of methoxy groups -OCH3 is 1. The Morgan fingerprint density at radius 3 is 2.42 bits per heavy atom. The molecule has 0 unspecified atom stereocenters. The van der Waals surface area contributed by atoms with Gasteiger partial charge >= 0.3 is 6.09 Å². The van der Waals surface area contributed by atoms with Crippen molar-refractivity contribution < 1.29 is 14.3 Å². The van der Waals surface area contributed by atoms with Gasteiger partial charge in [-0.15, -0.1) is 0 Å². The number of hydrogen-bond donors (Lipinski definition) is 2. The fourth-order valence-corrected chi connectivity index (χ4v) is 2.46. The number of nitrogens with two attached hydrogens (primary N) is 1. The first-order chi connectivity index (χ1) is 11.5. The summed E-state index contributed by atoms with van der Waals surface area (Å²) in [5, 5.41) is 2.59. The van der Waals surface area contributed by atoms with Gasteiger partial charge in [-0.2, -0.15) is 0 Å². The number of benzene rings is 1. The number of carbonyl (C=O) groups excluding carboxylic acids is 2. The van der Waals surface area contributed by atoms with E-state index in [1.807, 2.05) is 32.0 Å². The van der Waals surface area contributed by atoms with Crippen LogP contribution >= 0.6 is 0 Å². The molecule has 134 valence electrons. The van der Waals surface area contributed by atoms with E-state index in [-0.39, 0.29) is 18.5 Å². The summed E-state index contributed by atoms with van der Waals surface area (Å²) in [4.78, 5) is 25.6. The zero-order valence-electron chi connectivity index (χ0n) is 14.8. The Labute approximate surface area is 144 Å². The van der Waals surface area contributed by atoms with E-state index >= 15 is 0 Å². The van der Waals surface area contributed by atoms with E-state index in [1.54, 1.807) is 4.90 Å². The number of carbonyl (C=O) groups is 2. The van der Waals surface area contributed by atoms with Crippen LogP contribution in [-0.2, 0) is 16.0 Å². The van der Waals surface area contributed by atoms with Crippen LogP contribution in [0.25, 0.3) is 0 Å². The molecule has 0 saturated heterocycles. The SMILES string of the molecule is COC(=O)N[C@H](C(=O)N(CN)CCCCc1ccccc1)C(C)C. The van der Waals surface area contributed by atoms with Crippen molar-refractivity contribution in [3.8, 4) is 0 Å². The Kier molecular flexibility index (Phi) is 8.86. The summed E-state index contributed by atoms with van der Waals surface area (Å²) in [5.74, 6) is -0.215. The highest BCUT2D eigenvalue weighted by molar-refractivity contribution is 5.85. The van der Waals surface area contributed by atoms with E-state index in [1.165, 1.54) is 12.7 Å². The summed E-state index contributed by atoms with van der Waals surface area (Å²) in [7, 11) is 1.28. The smallest absolute Gasteiger partial charge is 0.407 e. The molecule has 1 atom stereocenters. The molecule has 0 aliphatic rings. The van der Waals surface area contributed by atoms with E-state index < -0.39 is 12.1 Å². The zero-order chi connectivity index (χ0) is 17.9. The summed E-state index contributed by atoms with van der Waals surface area (Å²) in [5.41, 5.74) is 7.02. The second kappa shape index (κ2) is 10.6. The van der Waals surface area contributed by atoms with Crippen LogP contribution in [0.5, 0.6) is 0 Å². The minimum atomic E-state index is -0.630. The van der Waals surface area contributed by atoms with Crippen LogP contribution in [-0.4, -0.2) is 43.3 Å². The number of unbranched alkanes of at least 4 members (excludes halogenated alkanes) is 1. The highest BCUT2D eigenvalue weighted by Crippen LogP contribution is 2.09. The number of aryl methyl sites for hydroxylation is 1. The van der Waals surface area contributed by atoms with Gasteiger partial charge in [0.25, 0.3) is 0 Å². The zero-order valence-corrected chi connectivity index (χ0v) is 14.8. The molecule has 0 aliphatic heterocycles. The van der Waals surface area contributed by atoms with Crippen molar-refractivity contribution >= 4 is 12.0 Å². The molecular formula is C18H29N3O3. The van der Waals surface area contributed by atoms with Crippen LogP contribution in [0.1, 0.15) is 32.3 Å². The van der Waals surface area contributed by atoms with Gasteiger partial charge in [0, 0.05) is 6.54 Å². The average molecular weight is 335 g/mol. The molecule has 0 fully saturated rings. The van der Waals surface area contributed by atoms with Crippen molar-refractivity contribution in [1.29, 1.82) is 0 Å². The molecule has 0 radical (unpaired) electrons. The molecule has 0 bridgehead atoms. The Hall–Kier alpha value is -2.08. The summed E-state index contributed by atoms with van der Waals surface area (Å²) in [6.07, 6.45) is 2.20. The van der Waals surface area contributed by atoms with Crippen molar-refractivity contribution in [2.75, 3.05) is 20.3 Å². The molecule has 0 saturated carbocycles. The fourth-order valence-electron chi connectivity index (χ4n) is 2.46. The normalized spacial score (nSPS) is 11.9. The fraction of sp³-hybridized carbons (Fsp3) is 0.556. The number of hydrogen-bond acceptors (Lipinski definition) is 4. The molecule has 24 heavy (non-hydrogen) atoms. The number of amides is 2. The first-order valence-electron chi connectivity index (χ1n) is 8.36. The van der Waals surface area contributed by atoms with Crippen LogP contribution < -0.4 is 11.1 Å². The number of ether oxygens (including phenoxy) is 1. The molecule has 1 aromatic carbocycles. The van der Waals surface area contributed by atoms with Crippen molar-refractivity contribution in [2.45, 2.75) is 39.2 Å². The third kappa shape index (κ3) is 6.58. The van der Waals surface area contributed by atoms with Crippen LogP contribution in [0.15, 0.2) is 30.3 Å². The van der Waals surface area contributed by atoms with E-state index in [2.05, 4.69) is 22.2 Å². The third-order valence-electron chi connectivity index (χ3n) is 3.91. The third-order valence-corrected chi connectivity index (χ3v) is 3.91. The van der Waals surface area contributed by atoms with Gasteiger partial charge in [0.15, 0.2) is 0 Å². The Bertz CT molecular complexity index is 505. The standard InChI is InChI=1S/C18H29N3O3/c1-14(2)16(20-18(23)24-3)17(22)21(13-19)12-8-7-11-15-9-5-4-6-10-15/h4-6,9-10,14,16H,7-8,11-13,19H2,1-3H3,(H,20,23)/t16-/m0/s1. The molecule has 2 amide bonds. The molecule has 6 heteroatoms. The van der Waals surface area contributed by atoms with Gasteiger partial charge in [0.05, 0.1) is 13.8 Å². The van der Waals surface area contributed by atoms with Gasteiger partial charge in [-0.25, -0.2) is 4.79 Å². The van der Waals surface area contributed by atoms with E-state index in [9.17, 15) is 9.59 Å². The molecule has 6 nitrogen and oxygen atoms in total. The second-order valence-electron chi connectivity index (χ2n) is 6.08. The van der Waals surface area contributed by atoms with Crippen LogP contribution in [0.3, 0.4) is 0 Å². The highest BCUT2D eigenvalue weighted by atomic mass is 16.5. The number of alkyl carbamates (subject to hydrolysis) is 1. The van der Waals surface area contributed by atoms with E-state index in [0.29, 0.717) is 6.54 Å². The first kappa shape index (κ1) is 20.0. The van der Waals surface area contributed by atoms with Crippen molar-refractivity contribution in [2.24, 2.45) is 11.7 Å². The highest BCUT2D eigenvalue weighted by Gasteiger charge is 2.28. The van der Waals surface area contributed by atoms with Gasteiger partial charge in [-0.05, 0) is 30.7 Å².